The smallest absolute Gasteiger partial charge is 0.330 e. The van der Waals surface area contributed by atoms with Gasteiger partial charge in [0.1, 0.15) is 29.9 Å². The average molecular weight is 785 g/mol. The lowest BCUT2D eigenvalue weighted by Gasteiger charge is -2.21. The number of nitrogens with zero attached hydrogens (tertiary/aromatic N) is 5. The van der Waals surface area contributed by atoms with Gasteiger partial charge in [0.15, 0.2) is 5.82 Å². The number of halogens is 1. The van der Waals surface area contributed by atoms with E-state index >= 15 is 0 Å². The second-order valence-electron chi connectivity index (χ2n) is 14.1. The number of nitrogens with two attached hydrogens (primary N) is 1. The van der Waals surface area contributed by atoms with Crippen molar-refractivity contribution in [2.75, 3.05) is 32.2 Å². The fourth-order valence-corrected chi connectivity index (χ4v) is 7.33. The summed E-state index contributed by atoms with van der Waals surface area (Å²) in [5, 5.41) is 20.0. The highest BCUT2D eigenvalue weighted by Crippen LogP contribution is 2.38. The highest BCUT2D eigenvalue weighted by Gasteiger charge is 2.30. The van der Waals surface area contributed by atoms with Crippen LogP contribution in [0, 0.1) is 29.0 Å². The quantitative estimate of drug-likeness (QED) is 0.0507. The van der Waals surface area contributed by atoms with E-state index in [4.69, 9.17) is 34.3 Å². The van der Waals surface area contributed by atoms with Gasteiger partial charge in [-0.15, -0.1) is 0 Å². The molecule has 4 unspecified atom stereocenters. The van der Waals surface area contributed by atoms with Crippen molar-refractivity contribution >= 4 is 19.9 Å². The minimum absolute atomic E-state index is 0.00780. The zero-order valence-electron chi connectivity index (χ0n) is 32.7. The van der Waals surface area contributed by atoms with Crippen LogP contribution in [0.15, 0.2) is 36.7 Å². The summed E-state index contributed by atoms with van der Waals surface area (Å²) < 4.78 is 45.5. The first-order valence-electron chi connectivity index (χ1n) is 20.1. The minimum Gasteiger partial charge on any atom is -0.382 e. The van der Waals surface area contributed by atoms with Crippen molar-refractivity contribution in [3.63, 3.8) is 0 Å². The first-order chi connectivity index (χ1) is 27.0. The summed E-state index contributed by atoms with van der Waals surface area (Å²) in [6.45, 7) is 6.65. The Kier molecular flexibility index (Phi) is 23.6. The lowest BCUT2D eigenvalue weighted by Crippen LogP contribution is -2.26. The van der Waals surface area contributed by atoms with E-state index in [0.29, 0.717) is 18.0 Å². The van der Waals surface area contributed by atoms with Crippen molar-refractivity contribution in [3.05, 3.63) is 59.3 Å². The summed E-state index contributed by atoms with van der Waals surface area (Å²) in [6.07, 6.45) is 22.9. The summed E-state index contributed by atoms with van der Waals surface area (Å²) in [7, 11) is -2.22. The van der Waals surface area contributed by atoms with Crippen LogP contribution >= 0.6 is 8.60 Å². The summed E-state index contributed by atoms with van der Waals surface area (Å²) >= 11 is 0. The molecule has 1 fully saturated rings. The van der Waals surface area contributed by atoms with Crippen LogP contribution in [0.4, 0.5) is 10.2 Å². The molecular weight excluding hydrogens is 722 g/mol. The molecule has 0 radical (unpaired) electrons. The van der Waals surface area contributed by atoms with E-state index in [1.54, 1.807) is 4.52 Å². The highest BCUT2D eigenvalue weighted by atomic mass is 31.2. The van der Waals surface area contributed by atoms with Gasteiger partial charge < -0.3 is 33.9 Å². The van der Waals surface area contributed by atoms with Crippen molar-refractivity contribution in [2.45, 2.75) is 147 Å². The van der Waals surface area contributed by atoms with Gasteiger partial charge in [-0.25, -0.2) is 19.2 Å². The van der Waals surface area contributed by atoms with E-state index in [-0.39, 0.29) is 44.2 Å². The molecule has 0 amide bonds. The van der Waals surface area contributed by atoms with Crippen LogP contribution in [0.1, 0.15) is 145 Å². The van der Waals surface area contributed by atoms with Gasteiger partial charge in [-0.2, -0.15) is 10.4 Å². The van der Waals surface area contributed by atoms with Gasteiger partial charge in [-0.3, -0.25) is 0 Å². The predicted octanol–water partition coefficient (Wildman–Crippen LogP) is 9.80. The second-order valence-corrected chi connectivity index (χ2v) is 15.1. The molecule has 4 atom stereocenters. The topological polar surface area (TPSA) is 170 Å². The molecule has 1 aliphatic heterocycles. The van der Waals surface area contributed by atoms with Gasteiger partial charge in [0.05, 0.1) is 49.9 Å². The van der Waals surface area contributed by atoms with E-state index in [1.165, 1.54) is 114 Å². The zero-order valence-corrected chi connectivity index (χ0v) is 33.6. The summed E-state index contributed by atoms with van der Waals surface area (Å²) in [4.78, 5) is 14.6. The van der Waals surface area contributed by atoms with Crippen molar-refractivity contribution in [3.8, 4) is 12.6 Å². The largest absolute Gasteiger partial charge is 0.382 e. The summed E-state index contributed by atoms with van der Waals surface area (Å²) in [6, 6.07) is 9.99. The Hall–Kier alpha value is -3.26. The fourth-order valence-electron chi connectivity index (χ4n) is 6.67. The molecule has 55 heavy (non-hydrogen) atoms. The number of anilines is 1. The normalized spacial score (nSPS) is 16.4. The number of hydrogen-bond donors (Lipinski definition) is 2. The van der Waals surface area contributed by atoms with E-state index in [9.17, 15) is 14.5 Å². The standard InChI is InChI=1S/C40H61FN5O6P.CHN/c1-2-3-4-5-6-7-8-9-10-11-12-13-14-15-16-17-24-48-28-35(49-27-33-25-32(26-42)18-20-36(33)41)30-51-53(47)50-29-34-19-23-39(52-34)37-21-22-38-40(43)44-31-45-46(37)38;1-2/h18,20-22,25,31,34-35,39,47H,2-17,19,23-24,27-30H2,1H3,(H2,43,44,45);1H. The van der Waals surface area contributed by atoms with Crippen LogP contribution in [0.2, 0.25) is 0 Å². The van der Waals surface area contributed by atoms with Crippen LogP contribution in [0.3, 0.4) is 0 Å². The predicted molar refractivity (Wildman–Crippen MR) is 212 cm³/mol. The lowest BCUT2D eigenvalue weighted by atomic mass is 10.0. The molecule has 12 nitrogen and oxygen atoms in total. The van der Waals surface area contributed by atoms with E-state index < -0.39 is 20.5 Å². The Labute approximate surface area is 328 Å². The third-order valence-electron chi connectivity index (χ3n) is 9.79. The minimum atomic E-state index is -2.22. The third kappa shape index (κ3) is 17.6. The highest BCUT2D eigenvalue weighted by molar-refractivity contribution is 7.40. The van der Waals surface area contributed by atoms with Gasteiger partial charge >= 0.3 is 8.60 Å². The Balaban J connectivity index is 0.00000399. The second kappa shape index (κ2) is 28.2. The molecule has 0 saturated carbocycles. The summed E-state index contributed by atoms with van der Waals surface area (Å²) in [5.41, 5.74) is 8.20. The molecule has 3 heterocycles. The number of nitrogen functional groups attached to an aromatic ring is 1. The van der Waals surface area contributed by atoms with Gasteiger partial charge in [0, 0.05) is 18.7 Å². The number of rotatable bonds is 29. The number of benzene rings is 1. The van der Waals surface area contributed by atoms with Crippen LogP contribution < -0.4 is 5.73 Å². The first-order valence-corrected chi connectivity index (χ1v) is 21.2. The number of hydrogen-bond acceptors (Lipinski definition) is 11. The van der Waals surface area contributed by atoms with Crippen molar-refractivity contribution in [1.82, 2.24) is 14.6 Å². The van der Waals surface area contributed by atoms with Gasteiger partial charge in [-0.1, -0.05) is 103 Å². The van der Waals surface area contributed by atoms with Crippen LogP contribution in [-0.4, -0.2) is 58.1 Å². The molecule has 3 aromatic rings. The van der Waals surface area contributed by atoms with Gasteiger partial charge in [0.2, 0.25) is 0 Å². The number of aromatic nitrogens is 3. The van der Waals surface area contributed by atoms with Crippen LogP contribution in [-0.2, 0) is 29.9 Å². The average Bonchev–Trinajstić information content (AvgIpc) is 3.87. The molecule has 1 aromatic carbocycles. The number of ether oxygens (including phenoxy) is 3. The Morgan fingerprint density at radius 3 is 2.25 bits per heavy atom. The fraction of sp³-hybridized carbons (Fsp3) is 0.659. The van der Waals surface area contributed by atoms with Gasteiger partial charge in [0.25, 0.3) is 0 Å². The zero-order chi connectivity index (χ0) is 39.5. The van der Waals surface area contributed by atoms with Crippen molar-refractivity contribution < 1.29 is 32.5 Å². The first kappa shape index (κ1) is 46.1. The maximum absolute atomic E-state index is 14.4. The van der Waals surface area contributed by atoms with Crippen molar-refractivity contribution in [2.24, 2.45) is 0 Å². The van der Waals surface area contributed by atoms with E-state index in [0.717, 1.165) is 36.9 Å². The Morgan fingerprint density at radius 1 is 0.945 bits per heavy atom. The Bertz CT molecular complexity index is 1540. The molecule has 0 aliphatic carbocycles. The van der Waals surface area contributed by atoms with Gasteiger partial charge in [-0.05, 0) is 49.6 Å². The molecular formula is C41H62FN6O6P. The van der Waals surface area contributed by atoms with E-state index in [2.05, 4.69) is 23.6 Å². The van der Waals surface area contributed by atoms with Crippen LogP contribution in [0.25, 0.3) is 5.52 Å². The summed E-state index contributed by atoms with van der Waals surface area (Å²) in [5.74, 6) is -0.0506. The molecule has 0 spiro atoms. The van der Waals surface area contributed by atoms with Crippen LogP contribution in [0.5, 0.6) is 0 Å². The molecule has 1 aliphatic rings. The number of nitriles is 2. The lowest BCUT2D eigenvalue weighted by molar-refractivity contribution is -0.0499. The number of fused-ring (bicyclic) bond motifs is 1. The SMILES string of the molecule is C#N.CCCCCCCCCCCCCCCCCCOCC(COP(O)OCC1CCC(c2ccc3c(N)ncnn23)O1)OCc1cc(C#N)ccc1F. The van der Waals surface area contributed by atoms with Crippen molar-refractivity contribution in [1.29, 1.82) is 10.5 Å². The van der Waals surface area contributed by atoms with E-state index in [1.807, 2.05) is 18.2 Å². The maximum Gasteiger partial charge on any atom is 0.330 e. The number of unbranched alkanes of at least 4 members (excludes halogenated alkanes) is 15. The maximum atomic E-state index is 14.4. The molecule has 1 saturated heterocycles. The third-order valence-corrected chi connectivity index (χ3v) is 10.5. The molecule has 304 valence electrons. The molecule has 3 N–H and O–H groups in total. The monoisotopic (exact) mass is 784 g/mol. The molecule has 4 rings (SSSR count). The Morgan fingerprint density at radius 2 is 1.60 bits per heavy atom. The molecule has 14 heteroatoms. The molecule has 0 bridgehead atoms. The molecule has 2 aromatic heterocycles.